The van der Waals surface area contributed by atoms with Gasteiger partial charge in [0.1, 0.15) is 0 Å². The number of carbonyl (C=O) groups is 2. The average molecular weight is 213 g/mol. The first kappa shape index (κ1) is 12.0. The summed E-state index contributed by atoms with van der Waals surface area (Å²) in [7, 11) is 0. The van der Waals surface area contributed by atoms with Gasteiger partial charge in [0.05, 0.1) is 0 Å². The van der Waals surface area contributed by atoms with Gasteiger partial charge in [0.2, 0.25) is 5.91 Å². The van der Waals surface area contributed by atoms with Crippen molar-refractivity contribution in [1.29, 1.82) is 0 Å². The Labute approximate surface area is 90.6 Å². The standard InChI is InChI=1S/C11H19NO3/c1-3-4-5-10-6-7-11(14)12(10)8-15-9(2)13/h10H,3-8H2,1-2H3/t10-/m0/s1. The molecule has 4 nitrogen and oxygen atoms in total. The predicted octanol–water partition coefficient (Wildman–Crippen LogP) is 1.69. The van der Waals surface area contributed by atoms with E-state index >= 15 is 0 Å². The smallest absolute Gasteiger partial charge is 0.304 e. The average Bonchev–Trinajstić information content (AvgIpc) is 2.53. The summed E-state index contributed by atoms with van der Waals surface area (Å²) in [6.07, 6.45) is 4.76. The number of amides is 1. The molecular formula is C11H19NO3. The molecule has 0 radical (unpaired) electrons. The molecule has 1 aliphatic heterocycles. The maximum atomic E-state index is 11.5. The number of esters is 1. The Morgan fingerprint density at radius 1 is 1.60 bits per heavy atom. The van der Waals surface area contributed by atoms with Crippen molar-refractivity contribution in [2.45, 2.75) is 52.0 Å². The van der Waals surface area contributed by atoms with Crippen LogP contribution in [0.25, 0.3) is 0 Å². The molecule has 1 amide bonds. The van der Waals surface area contributed by atoms with Crippen LogP contribution in [0, 0.1) is 0 Å². The molecule has 0 saturated carbocycles. The molecule has 0 aromatic heterocycles. The number of likely N-dealkylation sites (tertiary alicyclic amines) is 1. The van der Waals surface area contributed by atoms with Crippen LogP contribution >= 0.6 is 0 Å². The van der Waals surface area contributed by atoms with E-state index in [2.05, 4.69) is 6.92 Å². The first-order valence-corrected chi connectivity index (χ1v) is 5.58. The van der Waals surface area contributed by atoms with Gasteiger partial charge in [-0.15, -0.1) is 0 Å². The highest BCUT2D eigenvalue weighted by Gasteiger charge is 2.30. The Hall–Kier alpha value is -1.06. The number of unbranched alkanes of at least 4 members (excludes halogenated alkanes) is 1. The third-order valence-corrected chi connectivity index (χ3v) is 2.75. The van der Waals surface area contributed by atoms with E-state index in [0.717, 1.165) is 25.7 Å². The van der Waals surface area contributed by atoms with Crippen LogP contribution in [0.15, 0.2) is 0 Å². The second-order valence-electron chi connectivity index (χ2n) is 3.96. The third kappa shape index (κ3) is 3.53. The number of nitrogens with zero attached hydrogens (tertiary/aromatic N) is 1. The second-order valence-corrected chi connectivity index (χ2v) is 3.96. The molecule has 86 valence electrons. The molecule has 0 bridgehead atoms. The van der Waals surface area contributed by atoms with Gasteiger partial charge in [-0.25, -0.2) is 0 Å². The summed E-state index contributed by atoms with van der Waals surface area (Å²) in [5, 5.41) is 0. The largest absolute Gasteiger partial charge is 0.444 e. The number of carbonyl (C=O) groups excluding carboxylic acids is 2. The summed E-state index contributed by atoms with van der Waals surface area (Å²) in [5.74, 6) is -0.221. The van der Waals surface area contributed by atoms with Gasteiger partial charge in [-0.05, 0) is 12.8 Å². The number of hydrogen-bond acceptors (Lipinski definition) is 3. The minimum atomic E-state index is -0.330. The molecule has 0 N–H and O–H groups in total. The third-order valence-electron chi connectivity index (χ3n) is 2.75. The summed E-state index contributed by atoms with van der Waals surface area (Å²) >= 11 is 0. The molecule has 0 aromatic carbocycles. The van der Waals surface area contributed by atoms with E-state index in [1.807, 2.05) is 0 Å². The second kappa shape index (κ2) is 5.73. The Morgan fingerprint density at radius 2 is 2.33 bits per heavy atom. The molecule has 0 aliphatic carbocycles. The SMILES string of the molecule is CCCC[C@H]1CCC(=O)N1COC(C)=O. The van der Waals surface area contributed by atoms with Crippen molar-refractivity contribution in [3.05, 3.63) is 0 Å². The van der Waals surface area contributed by atoms with Gasteiger partial charge < -0.3 is 9.64 Å². The van der Waals surface area contributed by atoms with Crippen molar-refractivity contribution in [2.24, 2.45) is 0 Å². The first-order valence-electron chi connectivity index (χ1n) is 5.58. The zero-order valence-electron chi connectivity index (χ0n) is 9.49. The van der Waals surface area contributed by atoms with E-state index < -0.39 is 0 Å². The van der Waals surface area contributed by atoms with E-state index in [9.17, 15) is 9.59 Å². The summed E-state index contributed by atoms with van der Waals surface area (Å²) in [5.41, 5.74) is 0. The molecule has 1 atom stereocenters. The first-order chi connectivity index (χ1) is 7.15. The lowest BCUT2D eigenvalue weighted by Crippen LogP contribution is -2.35. The van der Waals surface area contributed by atoms with Gasteiger partial charge >= 0.3 is 5.97 Å². The molecule has 1 aliphatic rings. The Kier molecular flexibility index (Phi) is 4.59. The van der Waals surface area contributed by atoms with Gasteiger partial charge in [0, 0.05) is 19.4 Å². The summed E-state index contributed by atoms with van der Waals surface area (Å²) < 4.78 is 4.87. The van der Waals surface area contributed by atoms with Crippen LogP contribution in [0.1, 0.15) is 46.0 Å². The Bertz CT molecular complexity index is 240. The Morgan fingerprint density at radius 3 is 2.93 bits per heavy atom. The van der Waals surface area contributed by atoms with Crippen LogP contribution in [0.5, 0.6) is 0 Å². The van der Waals surface area contributed by atoms with Crippen molar-refractivity contribution < 1.29 is 14.3 Å². The van der Waals surface area contributed by atoms with Gasteiger partial charge in [-0.1, -0.05) is 19.8 Å². The molecule has 0 spiro atoms. The van der Waals surface area contributed by atoms with Crippen LogP contribution in [0.2, 0.25) is 0 Å². The number of rotatable bonds is 5. The summed E-state index contributed by atoms with van der Waals surface area (Å²) in [4.78, 5) is 23.9. The lowest BCUT2D eigenvalue weighted by molar-refractivity contribution is -0.150. The Balaban J connectivity index is 2.41. The molecule has 4 heteroatoms. The lowest BCUT2D eigenvalue weighted by atomic mass is 10.1. The van der Waals surface area contributed by atoms with E-state index in [0.29, 0.717) is 6.42 Å². The van der Waals surface area contributed by atoms with Crippen LogP contribution < -0.4 is 0 Å². The minimum absolute atomic E-state index is 0.109. The molecule has 15 heavy (non-hydrogen) atoms. The number of hydrogen-bond donors (Lipinski definition) is 0. The zero-order chi connectivity index (χ0) is 11.3. The van der Waals surface area contributed by atoms with Crippen LogP contribution in [-0.2, 0) is 14.3 Å². The van der Waals surface area contributed by atoms with E-state index in [4.69, 9.17) is 4.74 Å². The normalized spacial score (nSPS) is 20.8. The van der Waals surface area contributed by atoms with E-state index in [1.165, 1.54) is 6.92 Å². The highest BCUT2D eigenvalue weighted by Crippen LogP contribution is 2.22. The van der Waals surface area contributed by atoms with E-state index in [1.54, 1.807) is 4.90 Å². The quantitative estimate of drug-likeness (QED) is 0.653. The fourth-order valence-corrected chi connectivity index (χ4v) is 1.87. The van der Waals surface area contributed by atoms with Crippen LogP contribution in [0.4, 0.5) is 0 Å². The number of ether oxygens (including phenoxy) is 1. The molecule has 0 unspecified atom stereocenters. The lowest BCUT2D eigenvalue weighted by Gasteiger charge is -2.23. The molecular weight excluding hydrogens is 194 g/mol. The predicted molar refractivity (Wildman–Crippen MR) is 56.0 cm³/mol. The summed E-state index contributed by atoms with van der Waals surface area (Å²) in [6.45, 7) is 3.62. The highest BCUT2D eigenvalue weighted by molar-refractivity contribution is 5.78. The summed E-state index contributed by atoms with van der Waals surface area (Å²) in [6, 6.07) is 0.275. The van der Waals surface area contributed by atoms with Crippen LogP contribution in [0.3, 0.4) is 0 Å². The molecule has 1 heterocycles. The molecule has 1 rings (SSSR count). The maximum Gasteiger partial charge on any atom is 0.304 e. The van der Waals surface area contributed by atoms with Gasteiger partial charge in [-0.3, -0.25) is 9.59 Å². The minimum Gasteiger partial charge on any atom is -0.444 e. The molecule has 1 fully saturated rings. The van der Waals surface area contributed by atoms with Crippen molar-refractivity contribution in [1.82, 2.24) is 4.90 Å². The van der Waals surface area contributed by atoms with Crippen molar-refractivity contribution in [3.8, 4) is 0 Å². The fourth-order valence-electron chi connectivity index (χ4n) is 1.87. The van der Waals surface area contributed by atoms with Gasteiger partial charge in [0.15, 0.2) is 6.73 Å². The zero-order valence-corrected chi connectivity index (χ0v) is 9.49. The van der Waals surface area contributed by atoms with Crippen molar-refractivity contribution >= 4 is 11.9 Å². The molecule has 1 saturated heterocycles. The van der Waals surface area contributed by atoms with Crippen molar-refractivity contribution in [2.75, 3.05) is 6.73 Å². The monoisotopic (exact) mass is 213 g/mol. The van der Waals surface area contributed by atoms with Gasteiger partial charge in [-0.2, -0.15) is 0 Å². The molecule has 0 aromatic rings. The van der Waals surface area contributed by atoms with Crippen molar-refractivity contribution in [3.63, 3.8) is 0 Å². The highest BCUT2D eigenvalue weighted by atomic mass is 16.5. The van der Waals surface area contributed by atoms with E-state index in [-0.39, 0.29) is 24.6 Å². The fraction of sp³-hybridized carbons (Fsp3) is 0.818. The maximum absolute atomic E-state index is 11.5. The van der Waals surface area contributed by atoms with Crippen LogP contribution in [-0.4, -0.2) is 29.5 Å². The topological polar surface area (TPSA) is 46.6 Å². The van der Waals surface area contributed by atoms with Gasteiger partial charge in [0.25, 0.3) is 0 Å².